The van der Waals surface area contributed by atoms with Gasteiger partial charge in [-0.1, -0.05) is 12.1 Å². The fourth-order valence-corrected chi connectivity index (χ4v) is 2.70. The first-order valence-electron chi connectivity index (χ1n) is 9.77. The molecule has 29 heavy (non-hydrogen) atoms. The smallest absolute Gasteiger partial charge is 0.411 e. The van der Waals surface area contributed by atoms with Crippen LogP contribution < -0.4 is 20.1 Å². The minimum absolute atomic E-state index is 0.214. The van der Waals surface area contributed by atoms with Crippen LogP contribution in [-0.2, 0) is 11.2 Å². The number of amides is 2. The average Bonchev–Trinajstić information content (AvgIpc) is 2.70. The summed E-state index contributed by atoms with van der Waals surface area (Å²) in [5.41, 5.74) is 2.00. The molecule has 7 heteroatoms. The second-order valence-electron chi connectivity index (χ2n) is 6.08. The molecule has 0 unspecified atom stereocenters. The Balaban J connectivity index is 1.92. The number of hydrogen-bond acceptors (Lipinski definition) is 5. The van der Waals surface area contributed by atoms with Crippen LogP contribution in [0.1, 0.15) is 36.7 Å². The van der Waals surface area contributed by atoms with Crippen molar-refractivity contribution >= 4 is 17.7 Å². The van der Waals surface area contributed by atoms with Gasteiger partial charge in [-0.25, -0.2) is 4.79 Å². The average molecular weight is 400 g/mol. The van der Waals surface area contributed by atoms with E-state index in [1.807, 2.05) is 32.0 Å². The summed E-state index contributed by atoms with van der Waals surface area (Å²) in [6.07, 6.45) is 0.101. The van der Waals surface area contributed by atoms with Crippen LogP contribution in [-0.4, -0.2) is 38.4 Å². The second-order valence-corrected chi connectivity index (χ2v) is 6.08. The summed E-state index contributed by atoms with van der Waals surface area (Å²) in [6.45, 7) is 7.45. The molecule has 2 amide bonds. The van der Waals surface area contributed by atoms with Crippen LogP contribution >= 0.6 is 0 Å². The molecule has 2 rings (SSSR count). The van der Waals surface area contributed by atoms with Crippen LogP contribution in [0.25, 0.3) is 0 Å². The van der Waals surface area contributed by atoms with Crippen LogP contribution in [0.4, 0.5) is 10.5 Å². The largest absolute Gasteiger partial charge is 0.490 e. The van der Waals surface area contributed by atoms with Gasteiger partial charge in [0.05, 0.1) is 19.8 Å². The van der Waals surface area contributed by atoms with Crippen molar-refractivity contribution in [2.75, 3.05) is 31.7 Å². The van der Waals surface area contributed by atoms with Crippen LogP contribution in [0.3, 0.4) is 0 Å². The van der Waals surface area contributed by atoms with Gasteiger partial charge in [-0.3, -0.25) is 10.1 Å². The van der Waals surface area contributed by atoms with Gasteiger partial charge in [0.15, 0.2) is 11.5 Å². The van der Waals surface area contributed by atoms with Gasteiger partial charge in [-0.15, -0.1) is 0 Å². The van der Waals surface area contributed by atoms with Crippen molar-refractivity contribution in [2.45, 2.75) is 27.2 Å². The van der Waals surface area contributed by atoms with E-state index in [4.69, 9.17) is 14.2 Å². The summed E-state index contributed by atoms with van der Waals surface area (Å²) in [5, 5.41) is 5.48. The van der Waals surface area contributed by atoms with Gasteiger partial charge in [0, 0.05) is 17.8 Å². The maximum Gasteiger partial charge on any atom is 0.411 e. The minimum atomic E-state index is -0.550. The van der Waals surface area contributed by atoms with Gasteiger partial charge in [0.2, 0.25) is 0 Å². The Morgan fingerprint density at radius 2 is 1.66 bits per heavy atom. The highest BCUT2D eigenvalue weighted by Crippen LogP contribution is 2.28. The highest BCUT2D eigenvalue weighted by Gasteiger charge is 2.09. The van der Waals surface area contributed by atoms with Gasteiger partial charge in [0.25, 0.3) is 5.91 Å². The fourth-order valence-electron chi connectivity index (χ4n) is 2.70. The van der Waals surface area contributed by atoms with E-state index in [1.165, 1.54) is 0 Å². The first-order valence-corrected chi connectivity index (χ1v) is 9.77. The predicted octanol–water partition coefficient (Wildman–Crippen LogP) is 4.02. The number of hydrogen-bond donors (Lipinski definition) is 2. The van der Waals surface area contributed by atoms with Crippen molar-refractivity contribution in [3.8, 4) is 11.5 Å². The van der Waals surface area contributed by atoms with Gasteiger partial charge in [-0.05, 0) is 63.1 Å². The lowest BCUT2D eigenvalue weighted by molar-refractivity contribution is 0.0954. The van der Waals surface area contributed by atoms with Crippen LogP contribution in [0.15, 0.2) is 42.5 Å². The summed E-state index contributed by atoms with van der Waals surface area (Å²) in [5.74, 6) is 1.21. The SMILES string of the molecule is CCOC(=O)Nc1cccc(C(=O)NCCc2ccc(OCC)c(OCC)c2)c1. The second kappa shape index (κ2) is 11.6. The number of rotatable bonds is 10. The molecule has 156 valence electrons. The van der Waals surface area contributed by atoms with E-state index >= 15 is 0 Å². The number of anilines is 1. The first-order chi connectivity index (χ1) is 14.1. The van der Waals surface area contributed by atoms with E-state index in [0.717, 1.165) is 5.56 Å². The van der Waals surface area contributed by atoms with Crippen molar-refractivity contribution in [1.29, 1.82) is 0 Å². The summed E-state index contributed by atoms with van der Waals surface area (Å²) < 4.78 is 16.0. The van der Waals surface area contributed by atoms with Crippen LogP contribution in [0.5, 0.6) is 11.5 Å². The zero-order chi connectivity index (χ0) is 21.1. The third-order valence-corrected chi connectivity index (χ3v) is 3.95. The summed E-state index contributed by atoms with van der Waals surface area (Å²) in [6, 6.07) is 12.5. The molecular formula is C22H28N2O5. The monoisotopic (exact) mass is 400 g/mol. The minimum Gasteiger partial charge on any atom is -0.490 e. The number of carbonyl (C=O) groups is 2. The Morgan fingerprint density at radius 3 is 2.38 bits per heavy atom. The van der Waals surface area contributed by atoms with E-state index in [0.29, 0.717) is 48.9 Å². The van der Waals surface area contributed by atoms with Crippen LogP contribution in [0, 0.1) is 0 Å². The lowest BCUT2D eigenvalue weighted by atomic mass is 10.1. The van der Waals surface area contributed by atoms with E-state index in [-0.39, 0.29) is 12.5 Å². The lowest BCUT2D eigenvalue weighted by Gasteiger charge is -2.13. The van der Waals surface area contributed by atoms with Gasteiger partial charge >= 0.3 is 6.09 Å². The molecule has 2 N–H and O–H groups in total. The Morgan fingerprint density at radius 1 is 0.897 bits per heavy atom. The van der Waals surface area contributed by atoms with E-state index < -0.39 is 6.09 Å². The normalized spacial score (nSPS) is 10.2. The Hall–Kier alpha value is -3.22. The predicted molar refractivity (Wildman–Crippen MR) is 112 cm³/mol. The molecule has 7 nitrogen and oxygen atoms in total. The first kappa shape index (κ1) is 22.1. The third-order valence-electron chi connectivity index (χ3n) is 3.95. The molecule has 0 aliphatic carbocycles. The molecule has 0 heterocycles. The number of nitrogens with one attached hydrogen (secondary N) is 2. The zero-order valence-electron chi connectivity index (χ0n) is 17.1. The number of carbonyl (C=O) groups excluding carboxylic acids is 2. The van der Waals surface area contributed by atoms with E-state index in [1.54, 1.807) is 31.2 Å². The standard InChI is InChI=1S/C22H28N2O5/c1-4-27-19-11-10-16(14-20(19)28-5-2)12-13-23-21(25)17-8-7-9-18(15-17)24-22(26)29-6-3/h7-11,14-15H,4-6,12-13H2,1-3H3,(H,23,25)(H,24,26). The molecule has 0 saturated heterocycles. The number of benzene rings is 2. The van der Waals surface area contributed by atoms with Gasteiger partial charge in [-0.2, -0.15) is 0 Å². The molecule has 2 aromatic carbocycles. The van der Waals surface area contributed by atoms with Crippen molar-refractivity contribution < 1.29 is 23.8 Å². The Labute approximate surface area is 171 Å². The molecule has 0 aliphatic rings. The van der Waals surface area contributed by atoms with Gasteiger partial charge < -0.3 is 19.5 Å². The summed E-state index contributed by atoms with van der Waals surface area (Å²) in [7, 11) is 0. The highest BCUT2D eigenvalue weighted by atomic mass is 16.5. The summed E-state index contributed by atoms with van der Waals surface area (Å²) >= 11 is 0. The van der Waals surface area contributed by atoms with Crippen molar-refractivity contribution in [1.82, 2.24) is 5.32 Å². The Kier molecular flexibility index (Phi) is 8.82. The Bertz CT molecular complexity index is 823. The molecule has 0 aliphatic heterocycles. The third kappa shape index (κ3) is 7.03. The molecule has 0 radical (unpaired) electrons. The fraction of sp³-hybridized carbons (Fsp3) is 0.364. The van der Waals surface area contributed by atoms with Crippen molar-refractivity contribution in [3.63, 3.8) is 0 Å². The zero-order valence-corrected chi connectivity index (χ0v) is 17.1. The molecule has 2 aromatic rings. The van der Waals surface area contributed by atoms with Crippen molar-refractivity contribution in [3.05, 3.63) is 53.6 Å². The molecule has 0 aromatic heterocycles. The molecule has 0 bridgehead atoms. The van der Waals surface area contributed by atoms with E-state index in [9.17, 15) is 9.59 Å². The highest BCUT2D eigenvalue weighted by molar-refractivity contribution is 5.96. The lowest BCUT2D eigenvalue weighted by Crippen LogP contribution is -2.25. The summed E-state index contributed by atoms with van der Waals surface area (Å²) in [4.78, 5) is 23.9. The molecular weight excluding hydrogens is 372 g/mol. The number of ether oxygens (including phenoxy) is 3. The topological polar surface area (TPSA) is 85.9 Å². The molecule has 0 fully saturated rings. The molecule has 0 atom stereocenters. The van der Waals surface area contributed by atoms with Gasteiger partial charge in [0.1, 0.15) is 0 Å². The maximum atomic E-state index is 12.4. The molecule has 0 spiro atoms. The van der Waals surface area contributed by atoms with Crippen molar-refractivity contribution in [2.24, 2.45) is 0 Å². The van der Waals surface area contributed by atoms with E-state index in [2.05, 4.69) is 10.6 Å². The quantitative estimate of drug-likeness (QED) is 0.629. The van der Waals surface area contributed by atoms with Crippen LogP contribution in [0.2, 0.25) is 0 Å². The maximum absolute atomic E-state index is 12.4. The molecule has 0 saturated carbocycles.